The SMILES string of the molecule is CC(c1ccc(F)c(-c2ncnc3cc(N4CCOCC4)ccc23)c1)c1cnc(O)cn1. The van der Waals surface area contributed by atoms with Gasteiger partial charge in [-0.2, -0.15) is 0 Å². The molecule has 2 aromatic carbocycles. The fourth-order valence-corrected chi connectivity index (χ4v) is 4.00. The van der Waals surface area contributed by atoms with Crippen LogP contribution in [0.4, 0.5) is 10.1 Å². The van der Waals surface area contributed by atoms with Crippen molar-refractivity contribution in [2.24, 2.45) is 0 Å². The highest BCUT2D eigenvalue weighted by atomic mass is 19.1. The Morgan fingerprint density at radius 3 is 2.62 bits per heavy atom. The van der Waals surface area contributed by atoms with Crippen molar-refractivity contribution >= 4 is 16.6 Å². The van der Waals surface area contributed by atoms with Crippen LogP contribution < -0.4 is 4.90 Å². The van der Waals surface area contributed by atoms with Crippen LogP contribution in [0, 0.1) is 5.82 Å². The van der Waals surface area contributed by atoms with Crippen LogP contribution >= 0.6 is 0 Å². The normalized spacial score (nSPS) is 15.1. The second kappa shape index (κ2) is 8.47. The maximum Gasteiger partial charge on any atom is 0.229 e. The molecule has 1 saturated heterocycles. The van der Waals surface area contributed by atoms with E-state index in [0.29, 0.717) is 30.2 Å². The molecule has 0 spiro atoms. The molecule has 1 N–H and O–H groups in total. The Balaban J connectivity index is 1.54. The summed E-state index contributed by atoms with van der Waals surface area (Å²) >= 11 is 0. The fraction of sp³-hybridized carbons (Fsp3) is 0.250. The van der Waals surface area contributed by atoms with E-state index in [1.54, 1.807) is 12.1 Å². The molecule has 1 aliphatic heterocycles. The number of rotatable bonds is 4. The summed E-state index contributed by atoms with van der Waals surface area (Å²) in [5, 5.41) is 10.2. The molecule has 162 valence electrons. The van der Waals surface area contributed by atoms with Crippen molar-refractivity contribution in [2.45, 2.75) is 12.8 Å². The minimum atomic E-state index is -0.352. The van der Waals surface area contributed by atoms with Crippen LogP contribution in [0.1, 0.15) is 24.1 Å². The van der Waals surface area contributed by atoms with Gasteiger partial charge in [0.25, 0.3) is 0 Å². The molecule has 1 atom stereocenters. The van der Waals surface area contributed by atoms with Crippen LogP contribution in [-0.2, 0) is 4.74 Å². The summed E-state index contributed by atoms with van der Waals surface area (Å²) in [7, 11) is 0. The molecule has 0 radical (unpaired) electrons. The lowest BCUT2D eigenvalue weighted by Gasteiger charge is -2.29. The van der Waals surface area contributed by atoms with Gasteiger partial charge in [-0.3, -0.25) is 4.98 Å². The number of hydrogen-bond acceptors (Lipinski definition) is 7. The summed E-state index contributed by atoms with van der Waals surface area (Å²) in [6.07, 6.45) is 4.30. The number of ether oxygens (including phenoxy) is 1. The number of aromatic hydroxyl groups is 1. The summed E-state index contributed by atoms with van der Waals surface area (Å²) in [5.41, 5.74) is 4.35. The molecule has 0 saturated carbocycles. The molecular formula is C24H22FN5O2. The van der Waals surface area contributed by atoms with Crippen LogP contribution in [-0.4, -0.2) is 51.3 Å². The molecule has 4 aromatic rings. The molecule has 2 aromatic heterocycles. The zero-order valence-corrected chi connectivity index (χ0v) is 17.6. The number of hydrogen-bond donors (Lipinski definition) is 1. The smallest absolute Gasteiger partial charge is 0.229 e. The first-order valence-electron chi connectivity index (χ1n) is 10.5. The van der Waals surface area contributed by atoms with Gasteiger partial charge in [-0.05, 0) is 35.9 Å². The summed E-state index contributed by atoms with van der Waals surface area (Å²) < 4.78 is 20.4. The first-order chi connectivity index (χ1) is 15.6. The number of aromatic nitrogens is 4. The van der Waals surface area contributed by atoms with Crippen molar-refractivity contribution in [3.63, 3.8) is 0 Å². The summed E-state index contributed by atoms with van der Waals surface area (Å²) in [6, 6.07) is 11.0. The average molecular weight is 431 g/mol. The number of anilines is 1. The largest absolute Gasteiger partial charge is 0.492 e. The third-order valence-electron chi connectivity index (χ3n) is 5.84. The van der Waals surface area contributed by atoms with Gasteiger partial charge in [0.1, 0.15) is 12.1 Å². The molecule has 0 amide bonds. The Morgan fingerprint density at radius 2 is 1.84 bits per heavy atom. The molecule has 8 heteroatoms. The van der Waals surface area contributed by atoms with E-state index in [2.05, 4.69) is 24.8 Å². The number of fused-ring (bicyclic) bond motifs is 1. The zero-order chi connectivity index (χ0) is 22.1. The Morgan fingerprint density at radius 1 is 1.00 bits per heavy atom. The lowest BCUT2D eigenvalue weighted by molar-refractivity contribution is 0.122. The quantitative estimate of drug-likeness (QED) is 0.524. The Kier molecular flexibility index (Phi) is 5.36. The maximum absolute atomic E-state index is 14.9. The van der Waals surface area contributed by atoms with Crippen LogP contribution in [0.25, 0.3) is 22.2 Å². The predicted molar refractivity (Wildman–Crippen MR) is 119 cm³/mol. The third kappa shape index (κ3) is 3.85. The summed E-state index contributed by atoms with van der Waals surface area (Å²) in [6.45, 7) is 5.03. The van der Waals surface area contributed by atoms with E-state index in [4.69, 9.17) is 4.74 Å². The molecule has 0 bridgehead atoms. The highest BCUT2D eigenvalue weighted by Gasteiger charge is 2.18. The first kappa shape index (κ1) is 20.3. The number of halogens is 1. The highest BCUT2D eigenvalue weighted by molar-refractivity contribution is 5.94. The van der Waals surface area contributed by atoms with E-state index in [-0.39, 0.29) is 17.6 Å². The van der Waals surface area contributed by atoms with Gasteiger partial charge < -0.3 is 14.7 Å². The van der Waals surface area contributed by atoms with Gasteiger partial charge >= 0.3 is 0 Å². The summed E-state index contributed by atoms with van der Waals surface area (Å²) in [4.78, 5) is 19.2. The lowest BCUT2D eigenvalue weighted by atomic mass is 9.94. The number of benzene rings is 2. The molecule has 1 fully saturated rings. The van der Waals surface area contributed by atoms with Crippen molar-refractivity contribution in [1.29, 1.82) is 0 Å². The van der Waals surface area contributed by atoms with Gasteiger partial charge in [0, 0.05) is 35.6 Å². The minimum Gasteiger partial charge on any atom is -0.492 e. The molecule has 0 aliphatic carbocycles. The first-order valence-corrected chi connectivity index (χ1v) is 10.5. The van der Waals surface area contributed by atoms with Gasteiger partial charge in [0.05, 0.1) is 42.5 Å². The Hall–Kier alpha value is -3.65. The van der Waals surface area contributed by atoms with Crippen LogP contribution in [0.2, 0.25) is 0 Å². The van der Waals surface area contributed by atoms with E-state index < -0.39 is 0 Å². The molecule has 1 aliphatic rings. The Bertz CT molecular complexity index is 1260. The topological polar surface area (TPSA) is 84.3 Å². The van der Waals surface area contributed by atoms with Gasteiger partial charge in [0.2, 0.25) is 5.88 Å². The van der Waals surface area contributed by atoms with Crippen molar-refractivity contribution in [2.75, 3.05) is 31.2 Å². The molecule has 32 heavy (non-hydrogen) atoms. The van der Waals surface area contributed by atoms with Crippen molar-refractivity contribution in [3.05, 3.63) is 72.2 Å². The monoisotopic (exact) mass is 431 g/mol. The minimum absolute atomic E-state index is 0.135. The molecular weight excluding hydrogens is 409 g/mol. The molecule has 3 heterocycles. The second-order valence-corrected chi connectivity index (χ2v) is 7.78. The molecule has 7 nitrogen and oxygen atoms in total. The van der Waals surface area contributed by atoms with Crippen LogP contribution in [0.5, 0.6) is 5.88 Å². The van der Waals surface area contributed by atoms with Gasteiger partial charge in [-0.1, -0.05) is 13.0 Å². The zero-order valence-electron chi connectivity index (χ0n) is 17.6. The second-order valence-electron chi connectivity index (χ2n) is 7.78. The number of nitrogens with zero attached hydrogens (tertiary/aromatic N) is 5. The van der Waals surface area contributed by atoms with Crippen LogP contribution in [0.3, 0.4) is 0 Å². The average Bonchev–Trinajstić information content (AvgIpc) is 2.84. The van der Waals surface area contributed by atoms with E-state index in [1.165, 1.54) is 24.8 Å². The van der Waals surface area contributed by atoms with Gasteiger partial charge in [-0.15, -0.1) is 0 Å². The lowest BCUT2D eigenvalue weighted by Crippen LogP contribution is -2.36. The van der Waals surface area contributed by atoms with E-state index >= 15 is 0 Å². The maximum atomic E-state index is 14.9. The van der Waals surface area contributed by atoms with Crippen molar-refractivity contribution in [3.8, 4) is 17.1 Å². The molecule has 1 unspecified atom stereocenters. The van der Waals surface area contributed by atoms with Gasteiger partial charge in [0.15, 0.2) is 0 Å². The fourth-order valence-electron chi connectivity index (χ4n) is 4.00. The van der Waals surface area contributed by atoms with E-state index in [9.17, 15) is 9.50 Å². The van der Waals surface area contributed by atoms with E-state index in [1.807, 2.05) is 25.1 Å². The van der Waals surface area contributed by atoms with Crippen molar-refractivity contribution in [1.82, 2.24) is 19.9 Å². The summed E-state index contributed by atoms with van der Waals surface area (Å²) in [5.74, 6) is -0.622. The molecule has 5 rings (SSSR count). The van der Waals surface area contributed by atoms with E-state index in [0.717, 1.165) is 35.2 Å². The van der Waals surface area contributed by atoms with Crippen molar-refractivity contribution < 1.29 is 14.2 Å². The van der Waals surface area contributed by atoms with Gasteiger partial charge in [-0.25, -0.2) is 19.3 Å². The number of morpholine rings is 1. The third-order valence-corrected chi connectivity index (χ3v) is 5.84. The Labute approximate surface area is 184 Å². The standard InChI is InChI=1S/C24H22FN5O2/c1-15(22-12-27-23(31)13-26-22)16-2-5-20(25)19(10-16)24-18-4-3-17(11-21(18)28-14-29-24)30-6-8-32-9-7-30/h2-5,10-15H,6-9H2,1H3,(H,27,31). The highest BCUT2D eigenvalue weighted by Crippen LogP contribution is 2.33. The predicted octanol–water partition coefficient (Wildman–Crippen LogP) is 3.92. The van der Waals surface area contributed by atoms with Crippen LogP contribution in [0.15, 0.2) is 55.1 Å².